The molecular weight excluding hydrogens is 504 g/mol. The fourth-order valence-corrected chi connectivity index (χ4v) is 5.06. The summed E-state index contributed by atoms with van der Waals surface area (Å²) in [5.74, 6) is -0.242. The average Bonchev–Trinajstić information content (AvgIpc) is 2.79. The molecule has 0 bridgehead atoms. The molecule has 4 aromatic carbocycles. The minimum atomic E-state index is -4.60. The molecule has 0 aliphatic rings. The van der Waals surface area contributed by atoms with Crippen LogP contribution in [-0.2, 0) is 26.0 Å². The number of rotatable bonds is 7. The van der Waals surface area contributed by atoms with Gasteiger partial charge in [0.05, 0.1) is 4.90 Å². The summed E-state index contributed by atoms with van der Waals surface area (Å²) in [7, 11) is -9.10. The lowest BCUT2D eigenvalue weighted by Crippen LogP contribution is -2.05. The molecular formula is C26H22O8S2. The Morgan fingerprint density at radius 1 is 0.806 bits per heavy atom. The lowest BCUT2D eigenvalue weighted by Gasteiger charge is -2.12. The highest BCUT2D eigenvalue weighted by Crippen LogP contribution is 2.31. The van der Waals surface area contributed by atoms with Crippen molar-refractivity contribution in [1.29, 1.82) is 0 Å². The van der Waals surface area contributed by atoms with Gasteiger partial charge >= 0.3 is 0 Å². The number of carbonyl (C=O) groups excluding carboxylic acids is 1. The first kappa shape index (κ1) is 25.5. The largest absolute Gasteiger partial charge is 0.457 e. The van der Waals surface area contributed by atoms with Crippen molar-refractivity contribution in [2.45, 2.75) is 24.5 Å². The van der Waals surface area contributed by atoms with Gasteiger partial charge in [-0.2, -0.15) is 16.8 Å². The van der Waals surface area contributed by atoms with Crippen LogP contribution in [0.3, 0.4) is 0 Å². The van der Waals surface area contributed by atoms with E-state index in [2.05, 4.69) is 0 Å². The van der Waals surface area contributed by atoms with Crippen LogP contribution >= 0.6 is 0 Å². The Hall–Kier alpha value is -3.57. The molecule has 0 aliphatic heterocycles. The number of ether oxygens (including phenoxy) is 1. The number of hydrogen-bond acceptors (Lipinski definition) is 6. The van der Waals surface area contributed by atoms with Gasteiger partial charge in [0.1, 0.15) is 17.3 Å². The van der Waals surface area contributed by atoms with Crippen LogP contribution in [0.15, 0.2) is 77.7 Å². The molecule has 0 fully saturated rings. The SMILES string of the molecule is Cc1ccc(C)c(C(=O)c2ccc(Oc3ccc4cc(S(=O)(=O)O)cc(CS(=O)(=O)O)c4c3)cc2)c1. The maximum absolute atomic E-state index is 12.9. The molecule has 0 atom stereocenters. The van der Waals surface area contributed by atoms with Crippen LogP contribution in [0.5, 0.6) is 11.5 Å². The predicted octanol–water partition coefficient (Wildman–Crippen LogP) is 5.11. The Morgan fingerprint density at radius 3 is 2.11 bits per heavy atom. The van der Waals surface area contributed by atoms with Crippen LogP contribution in [0.2, 0.25) is 0 Å². The van der Waals surface area contributed by atoms with Crippen molar-refractivity contribution in [3.63, 3.8) is 0 Å². The van der Waals surface area contributed by atoms with Crippen molar-refractivity contribution < 1.29 is 35.5 Å². The number of fused-ring (bicyclic) bond motifs is 1. The summed E-state index contributed by atoms with van der Waals surface area (Å²) in [6.45, 7) is 3.79. The van der Waals surface area contributed by atoms with Crippen LogP contribution in [0.1, 0.15) is 32.6 Å². The van der Waals surface area contributed by atoms with Crippen LogP contribution in [0.4, 0.5) is 0 Å². The quantitative estimate of drug-likeness (QED) is 0.250. The van der Waals surface area contributed by atoms with Crippen molar-refractivity contribution in [2.75, 3.05) is 0 Å². The highest BCUT2D eigenvalue weighted by Gasteiger charge is 2.18. The Labute approximate surface area is 208 Å². The van der Waals surface area contributed by atoms with Crippen LogP contribution in [-0.4, -0.2) is 31.7 Å². The normalized spacial score (nSPS) is 12.0. The van der Waals surface area contributed by atoms with E-state index in [9.17, 15) is 30.7 Å². The summed E-state index contributed by atoms with van der Waals surface area (Å²) in [5.41, 5.74) is 2.94. The summed E-state index contributed by atoms with van der Waals surface area (Å²) in [6.07, 6.45) is 0. The Morgan fingerprint density at radius 2 is 1.47 bits per heavy atom. The minimum absolute atomic E-state index is 0.0254. The van der Waals surface area contributed by atoms with Crippen molar-refractivity contribution in [2.24, 2.45) is 0 Å². The Balaban J connectivity index is 1.66. The minimum Gasteiger partial charge on any atom is -0.457 e. The van der Waals surface area contributed by atoms with E-state index in [-0.39, 0.29) is 11.3 Å². The van der Waals surface area contributed by atoms with Gasteiger partial charge in [0.2, 0.25) is 0 Å². The zero-order valence-electron chi connectivity index (χ0n) is 19.3. The standard InChI is InChI=1S/C26H22O8S2/c1-16-3-4-17(2)24(11-16)26(27)18-5-8-21(9-6-18)34-22-10-7-19-12-23(36(31,32)33)13-20(25(19)14-22)15-35(28,29)30/h3-14H,15H2,1-2H3,(H,28,29,30)(H,31,32,33). The van der Waals surface area contributed by atoms with Crippen LogP contribution in [0.25, 0.3) is 10.8 Å². The highest BCUT2D eigenvalue weighted by atomic mass is 32.2. The lowest BCUT2D eigenvalue weighted by atomic mass is 9.97. The molecule has 0 unspecified atom stereocenters. The van der Waals surface area contributed by atoms with Crippen molar-refractivity contribution in [1.82, 2.24) is 0 Å². The second kappa shape index (κ2) is 9.47. The molecule has 0 amide bonds. The topological polar surface area (TPSA) is 135 Å². The Bertz CT molecular complexity index is 1710. The number of aryl methyl sites for hydroxylation is 2. The van der Waals surface area contributed by atoms with Crippen LogP contribution < -0.4 is 4.74 Å². The first-order valence-corrected chi connectivity index (χ1v) is 13.7. The Kier molecular flexibility index (Phi) is 6.72. The predicted molar refractivity (Wildman–Crippen MR) is 135 cm³/mol. The third kappa shape index (κ3) is 5.80. The van der Waals surface area contributed by atoms with Gasteiger partial charge in [0, 0.05) is 11.1 Å². The van der Waals surface area contributed by atoms with E-state index in [0.717, 1.165) is 17.2 Å². The number of carbonyl (C=O) groups is 1. The van der Waals surface area contributed by atoms with Crippen molar-refractivity contribution in [3.8, 4) is 11.5 Å². The van der Waals surface area contributed by atoms with E-state index in [1.807, 2.05) is 32.0 Å². The van der Waals surface area contributed by atoms with Crippen molar-refractivity contribution >= 4 is 36.8 Å². The van der Waals surface area contributed by atoms with Gasteiger partial charge in [-0.15, -0.1) is 0 Å². The van der Waals surface area contributed by atoms with Gasteiger partial charge in [0.15, 0.2) is 5.78 Å². The van der Waals surface area contributed by atoms with E-state index < -0.39 is 30.9 Å². The summed E-state index contributed by atoms with van der Waals surface area (Å²) in [4.78, 5) is 12.4. The lowest BCUT2D eigenvalue weighted by molar-refractivity contribution is 0.103. The van der Waals surface area contributed by atoms with E-state index in [4.69, 9.17) is 4.74 Å². The molecule has 186 valence electrons. The molecule has 0 heterocycles. The second-order valence-corrected chi connectivity index (χ2v) is 11.3. The third-order valence-electron chi connectivity index (χ3n) is 5.61. The third-order valence-corrected chi connectivity index (χ3v) is 7.12. The average molecular weight is 527 g/mol. The monoisotopic (exact) mass is 526 g/mol. The summed E-state index contributed by atoms with van der Waals surface area (Å²) >= 11 is 0. The molecule has 10 heteroatoms. The smallest absolute Gasteiger partial charge is 0.294 e. The highest BCUT2D eigenvalue weighted by molar-refractivity contribution is 7.86. The molecule has 4 aromatic rings. The number of ketones is 1. The van der Waals surface area contributed by atoms with Crippen molar-refractivity contribution in [3.05, 3.63) is 101 Å². The molecule has 36 heavy (non-hydrogen) atoms. The molecule has 0 saturated carbocycles. The first-order chi connectivity index (χ1) is 16.8. The maximum Gasteiger partial charge on any atom is 0.294 e. The van der Waals surface area contributed by atoms with Gasteiger partial charge in [-0.1, -0.05) is 23.8 Å². The van der Waals surface area contributed by atoms with E-state index in [1.165, 1.54) is 18.2 Å². The molecule has 4 rings (SSSR count). The molecule has 0 aromatic heterocycles. The van der Waals surface area contributed by atoms with Gasteiger partial charge in [-0.3, -0.25) is 13.9 Å². The van der Waals surface area contributed by atoms with Crippen LogP contribution in [0, 0.1) is 13.8 Å². The molecule has 0 saturated heterocycles. The van der Waals surface area contributed by atoms with Gasteiger partial charge in [-0.25, -0.2) is 0 Å². The number of hydrogen-bond donors (Lipinski definition) is 2. The molecule has 0 spiro atoms. The summed E-state index contributed by atoms with van der Waals surface area (Å²) in [6, 6.07) is 18.9. The van der Waals surface area contributed by atoms with Gasteiger partial charge < -0.3 is 4.74 Å². The molecule has 2 N–H and O–H groups in total. The molecule has 0 radical (unpaired) electrons. The van der Waals surface area contributed by atoms with Gasteiger partial charge in [0.25, 0.3) is 20.2 Å². The molecule has 8 nitrogen and oxygen atoms in total. The summed E-state index contributed by atoms with van der Waals surface area (Å²) < 4.78 is 70.8. The van der Waals surface area contributed by atoms with E-state index in [0.29, 0.717) is 33.4 Å². The fraction of sp³-hybridized carbons (Fsp3) is 0.115. The summed E-state index contributed by atoms with van der Waals surface area (Å²) in [5, 5.41) is 0.643. The zero-order valence-corrected chi connectivity index (χ0v) is 20.9. The molecule has 0 aliphatic carbocycles. The first-order valence-electron chi connectivity index (χ1n) is 10.7. The fourth-order valence-electron chi connectivity index (χ4n) is 3.86. The maximum atomic E-state index is 12.9. The van der Waals surface area contributed by atoms with Gasteiger partial charge in [-0.05, 0) is 90.3 Å². The second-order valence-electron chi connectivity index (χ2n) is 8.44. The zero-order chi connectivity index (χ0) is 26.3. The van der Waals surface area contributed by atoms with E-state index in [1.54, 1.807) is 30.3 Å². The van der Waals surface area contributed by atoms with E-state index >= 15 is 0 Å². The number of benzene rings is 4.